The topological polar surface area (TPSA) is 0 Å². The normalized spacial score (nSPS) is 11.3. The zero-order chi connectivity index (χ0) is 24.8. The highest BCUT2D eigenvalue weighted by molar-refractivity contribution is 6.12. The molecule has 0 amide bonds. The van der Waals surface area contributed by atoms with E-state index in [1.54, 1.807) is 0 Å². The van der Waals surface area contributed by atoms with E-state index in [4.69, 9.17) is 0 Å². The van der Waals surface area contributed by atoms with Crippen LogP contribution in [0.5, 0.6) is 0 Å². The van der Waals surface area contributed by atoms with E-state index in [2.05, 4.69) is 124 Å². The Labute approximate surface area is 212 Å². The van der Waals surface area contributed by atoms with Crippen LogP contribution < -0.4 is 0 Å². The Hall–Kier alpha value is -4.42. The molecule has 0 saturated heterocycles. The van der Waals surface area contributed by atoms with Gasteiger partial charge in [0.05, 0.1) is 0 Å². The molecular weight excluding hydrogens is 432 g/mol. The first-order chi connectivity index (χ1) is 17.6. The van der Waals surface area contributed by atoms with Crippen molar-refractivity contribution in [1.82, 2.24) is 0 Å². The second kappa shape index (κ2) is 8.66. The van der Waals surface area contributed by atoms with Gasteiger partial charge >= 0.3 is 0 Å². The summed E-state index contributed by atoms with van der Waals surface area (Å²) in [4.78, 5) is 0. The van der Waals surface area contributed by atoms with Crippen molar-refractivity contribution in [2.45, 2.75) is 13.8 Å². The van der Waals surface area contributed by atoms with Gasteiger partial charge in [-0.2, -0.15) is 0 Å². The third-order valence-electron chi connectivity index (χ3n) is 7.27. The Balaban J connectivity index is 1.69. The minimum absolute atomic E-state index is 1.12. The molecule has 36 heavy (non-hydrogen) atoms. The van der Waals surface area contributed by atoms with Gasteiger partial charge in [-0.05, 0) is 91.7 Å². The van der Waals surface area contributed by atoms with Crippen LogP contribution in [0.2, 0.25) is 0 Å². The van der Waals surface area contributed by atoms with Gasteiger partial charge in [0.15, 0.2) is 0 Å². The molecule has 0 N–H and O–H groups in total. The molecule has 6 aromatic rings. The molecule has 0 nitrogen and oxygen atoms in total. The Morgan fingerprint density at radius 1 is 0.472 bits per heavy atom. The van der Waals surface area contributed by atoms with Gasteiger partial charge < -0.3 is 0 Å². The van der Waals surface area contributed by atoms with Crippen LogP contribution in [0.1, 0.15) is 22.3 Å². The maximum Gasteiger partial charge on any atom is -0.00264 e. The van der Waals surface area contributed by atoms with Crippen LogP contribution in [0.3, 0.4) is 0 Å². The Bertz CT molecular complexity index is 1700. The fourth-order valence-corrected chi connectivity index (χ4v) is 5.57. The zero-order valence-corrected chi connectivity index (χ0v) is 20.8. The second-order valence-corrected chi connectivity index (χ2v) is 9.66. The molecule has 0 aliphatic heterocycles. The first kappa shape index (κ1) is 22.1. The quantitative estimate of drug-likeness (QED) is 0.245. The lowest BCUT2D eigenvalue weighted by Crippen LogP contribution is -1.96. The molecule has 0 aliphatic rings. The molecule has 0 aliphatic carbocycles. The number of aryl methyl sites for hydroxylation is 2. The van der Waals surface area contributed by atoms with Gasteiger partial charge in [0, 0.05) is 0 Å². The maximum absolute atomic E-state index is 4.25. The highest BCUT2D eigenvalue weighted by Gasteiger charge is 2.19. The molecule has 0 heteroatoms. The fraction of sp³-hybridized carbons (Fsp3) is 0.0556. The van der Waals surface area contributed by atoms with E-state index in [0.717, 1.165) is 11.1 Å². The summed E-state index contributed by atoms with van der Waals surface area (Å²) in [6, 6.07) is 35.5. The lowest BCUT2D eigenvalue weighted by molar-refractivity contribution is 1.50. The number of fused-ring (bicyclic) bond motifs is 3. The van der Waals surface area contributed by atoms with Crippen molar-refractivity contribution in [2.24, 2.45) is 0 Å². The number of hydrogen-bond acceptors (Lipinski definition) is 0. The third-order valence-corrected chi connectivity index (χ3v) is 7.27. The van der Waals surface area contributed by atoms with E-state index in [1.165, 1.54) is 65.7 Å². The van der Waals surface area contributed by atoms with E-state index in [9.17, 15) is 0 Å². The summed E-state index contributed by atoms with van der Waals surface area (Å²) < 4.78 is 0. The SMILES string of the molecule is C=Cc1c(C=C)c(-c2ccc3cc(C)ccc3c2)c2ccccc2c1-c1ccc2cc(C)ccc2c1. The van der Waals surface area contributed by atoms with Crippen molar-refractivity contribution in [3.8, 4) is 22.3 Å². The predicted octanol–water partition coefficient (Wildman–Crippen LogP) is 10.4. The Morgan fingerprint density at radius 3 is 1.28 bits per heavy atom. The highest BCUT2D eigenvalue weighted by Crippen LogP contribution is 2.44. The van der Waals surface area contributed by atoms with Crippen molar-refractivity contribution in [3.05, 3.63) is 132 Å². The summed E-state index contributed by atoms with van der Waals surface area (Å²) in [5, 5.41) is 7.45. The summed E-state index contributed by atoms with van der Waals surface area (Å²) in [7, 11) is 0. The molecule has 0 atom stereocenters. The van der Waals surface area contributed by atoms with Crippen molar-refractivity contribution in [3.63, 3.8) is 0 Å². The first-order valence-electron chi connectivity index (χ1n) is 12.4. The van der Waals surface area contributed by atoms with Crippen LogP contribution in [0.4, 0.5) is 0 Å². The third kappa shape index (κ3) is 3.54. The fourth-order valence-electron chi connectivity index (χ4n) is 5.57. The van der Waals surface area contributed by atoms with Crippen LogP contribution in [-0.4, -0.2) is 0 Å². The number of benzene rings is 6. The van der Waals surface area contributed by atoms with Gasteiger partial charge in [0.1, 0.15) is 0 Å². The smallest absolute Gasteiger partial charge is 0.00264 e. The van der Waals surface area contributed by atoms with Crippen molar-refractivity contribution >= 4 is 44.5 Å². The van der Waals surface area contributed by atoms with E-state index < -0.39 is 0 Å². The Kier molecular flexibility index (Phi) is 5.31. The highest BCUT2D eigenvalue weighted by atomic mass is 14.2. The molecule has 0 bridgehead atoms. The van der Waals surface area contributed by atoms with Crippen molar-refractivity contribution in [1.29, 1.82) is 0 Å². The molecule has 0 saturated carbocycles. The van der Waals surface area contributed by atoms with E-state index in [1.807, 2.05) is 12.2 Å². The molecule has 0 aromatic heterocycles. The number of rotatable bonds is 4. The van der Waals surface area contributed by atoms with E-state index >= 15 is 0 Å². The second-order valence-electron chi connectivity index (χ2n) is 9.66. The van der Waals surface area contributed by atoms with Gasteiger partial charge in [-0.25, -0.2) is 0 Å². The summed E-state index contributed by atoms with van der Waals surface area (Å²) in [6.45, 7) is 12.8. The molecule has 0 fully saturated rings. The first-order valence-corrected chi connectivity index (χ1v) is 12.4. The summed E-state index contributed by atoms with van der Waals surface area (Å²) in [6.07, 6.45) is 3.98. The molecule has 0 radical (unpaired) electrons. The van der Waals surface area contributed by atoms with Crippen molar-refractivity contribution < 1.29 is 0 Å². The van der Waals surface area contributed by atoms with Crippen LogP contribution in [0.25, 0.3) is 66.7 Å². The maximum atomic E-state index is 4.25. The van der Waals surface area contributed by atoms with E-state index in [-0.39, 0.29) is 0 Å². The summed E-state index contributed by atoms with van der Waals surface area (Å²) in [5.74, 6) is 0. The number of hydrogen-bond donors (Lipinski definition) is 0. The summed E-state index contributed by atoms with van der Waals surface area (Å²) in [5.41, 5.74) is 9.59. The molecule has 6 rings (SSSR count). The van der Waals surface area contributed by atoms with Gasteiger partial charge in [-0.15, -0.1) is 0 Å². The van der Waals surface area contributed by atoms with Crippen molar-refractivity contribution in [2.75, 3.05) is 0 Å². The molecule has 0 unspecified atom stereocenters. The monoisotopic (exact) mass is 460 g/mol. The molecule has 6 aromatic carbocycles. The van der Waals surface area contributed by atoms with Crippen LogP contribution in [-0.2, 0) is 0 Å². The minimum atomic E-state index is 1.12. The average Bonchev–Trinajstić information content (AvgIpc) is 2.91. The zero-order valence-electron chi connectivity index (χ0n) is 20.8. The van der Waals surface area contributed by atoms with Gasteiger partial charge in [0.2, 0.25) is 0 Å². The van der Waals surface area contributed by atoms with Gasteiger partial charge in [0.25, 0.3) is 0 Å². The lowest BCUT2D eigenvalue weighted by Gasteiger charge is -2.20. The van der Waals surface area contributed by atoms with Crippen LogP contribution >= 0.6 is 0 Å². The standard InChI is InChI=1S/C36H28/c1-5-31-32(6-2)36(30-18-16-26-20-24(4)12-14-28(26)22-30)34-10-8-7-9-33(34)35(31)29-17-15-25-19-23(3)11-13-27(25)21-29/h5-22H,1-2H2,3-4H3. The molecular formula is C36H28. The predicted molar refractivity (Wildman–Crippen MR) is 159 cm³/mol. The van der Waals surface area contributed by atoms with Gasteiger partial charge in [-0.3, -0.25) is 0 Å². The van der Waals surface area contributed by atoms with Crippen LogP contribution in [0.15, 0.2) is 110 Å². The molecule has 0 heterocycles. The molecule has 172 valence electrons. The summed E-state index contributed by atoms with van der Waals surface area (Å²) >= 11 is 0. The Morgan fingerprint density at radius 2 is 0.861 bits per heavy atom. The van der Waals surface area contributed by atoms with Crippen LogP contribution in [0, 0.1) is 13.8 Å². The van der Waals surface area contributed by atoms with Gasteiger partial charge in [-0.1, -0.05) is 121 Å². The average molecular weight is 461 g/mol. The lowest BCUT2D eigenvalue weighted by atomic mass is 9.83. The molecule has 0 spiro atoms. The minimum Gasteiger partial charge on any atom is -0.0984 e. The van der Waals surface area contributed by atoms with E-state index in [0.29, 0.717) is 0 Å². The largest absolute Gasteiger partial charge is 0.0984 e.